The van der Waals surface area contributed by atoms with E-state index in [2.05, 4.69) is 31.9 Å². The van der Waals surface area contributed by atoms with Gasteiger partial charge in [0.2, 0.25) is 0 Å². The first kappa shape index (κ1) is 18.2. The lowest BCUT2D eigenvalue weighted by atomic mass is 9.97. The highest BCUT2D eigenvalue weighted by Crippen LogP contribution is 2.34. The predicted molar refractivity (Wildman–Crippen MR) is 100 cm³/mol. The van der Waals surface area contributed by atoms with Crippen LogP contribution in [0.1, 0.15) is 23.6 Å². The molecule has 1 atom stereocenters. The molecule has 0 saturated carbocycles. The third-order valence-corrected chi connectivity index (χ3v) is 6.10. The fraction of sp³-hybridized carbons (Fsp3) is 0.412. The maximum Gasteiger partial charge on any atom is 0.308 e. The molecule has 124 valence electrons. The Labute approximate surface area is 152 Å². The molecule has 2 rings (SSSR count). The van der Waals surface area contributed by atoms with Crippen LogP contribution in [0.4, 0.5) is 0 Å². The van der Waals surface area contributed by atoms with Gasteiger partial charge in [0, 0.05) is 41.1 Å². The number of nitrogens with zero attached hydrogens (tertiary/aromatic N) is 1. The summed E-state index contributed by atoms with van der Waals surface area (Å²) in [7, 11) is 1.75. The number of aromatic nitrogens is 1. The fourth-order valence-electron chi connectivity index (χ4n) is 2.76. The number of fused-ring (bicyclic) bond motifs is 1. The largest absolute Gasteiger partial charge is 0.426 e. The van der Waals surface area contributed by atoms with Gasteiger partial charge in [0.05, 0.1) is 5.52 Å². The molecule has 0 aliphatic heterocycles. The topological polar surface area (TPSA) is 48.3 Å². The zero-order valence-electron chi connectivity index (χ0n) is 13.6. The summed E-state index contributed by atoms with van der Waals surface area (Å²) < 4.78 is 7.10. The van der Waals surface area contributed by atoms with Crippen molar-refractivity contribution in [2.24, 2.45) is 7.05 Å². The van der Waals surface area contributed by atoms with Gasteiger partial charge in [0.1, 0.15) is 5.75 Å². The lowest BCUT2D eigenvalue weighted by molar-refractivity contribution is -0.131. The molecular formula is C17H19Br2NO3. The van der Waals surface area contributed by atoms with Crippen molar-refractivity contribution in [2.45, 2.75) is 32.0 Å². The first-order valence-corrected chi connectivity index (χ1v) is 9.31. The molecule has 1 heterocycles. The third kappa shape index (κ3) is 3.69. The van der Waals surface area contributed by atoms with Crippen LogP contribution in [-0.2, 0) is 18.3 Å². The fourth-order valence-corrected chi connectivity index (χ4v) is 3.32. The standard InChI is InChI=1S/C17H19Br2NO3/c1-9-6-15(22)20(4)16-13(9)5-10(2)17(23-11(3)21)14(16)7-12(19)8-18/h5-6,12H,7-8H2,1-4H3. The Balaban J connectivity index is 2.91. The van der Waals surface area contributed by atoms with E-state index in [0.717, 1.165) is 32.9 Å². The number of benzene rings is 1. The second-order valence-electron chi connectivity index (χ2n) is 5.67. The number of esters is 1. The summed E-state index contributed by atoms with van der Waals surface area (Å²) in [5, 5.41) is 1.76. The molecule has 0 saturated heterocycles. The van der Waals surface area contributed by atoms with E-state index in [9.17, 15) is 9.59 Å². The lowest BCUT2D eigenvalue weighted by Crippen LogP contribution is -2.20. The highest BCUT2D eigenvalue weighted by atomic mass is 79.9. The molecule has 1 aromatic carbocycles. The third-order valence-electron chi connectivity index (χ3n) is 3.80. The number of hydrogen-bond donors (Lipinski definition) is 0. The van der Waals surface area contributed by atoms with Gasteiger partial charge in [-0.05, 0) is 37.5 Å². The maximum absolute atomic E-state index is 12.2. The molecule has 6 heteroatoms. The van der Waals surface area contributed by atoms with Crippen LogP contribution in [0.2, 0.25) is 0 Å². The zero-order valence-corrected chi connectivity index (χ0v) is 16.7. The Morgan fingerprint density at radius 3 is 2.52 bits per heavy atom. The predicted octanol–water partition coefficient (Wildman–Crippen LogP) is 3.78. The summed E-state index contributed by atoms with van der Waals surface area (Å²) in [5.74, 6) is 0.187. The Bertz CT molecular complexity index is 827. The van der Waals surface area contributed by atoms with Crippen molar-refractivity contribution >= 4 is 48.7 Å². The van der Waals surface area contributed by atoms with E-state index in [4.69, 9.17) is 4.74 Å². The number of pyridine rings is 1. The molecule has 4 nitrogen and oxygen atoms in total. The van der Waals surface area contributed by atoms with Crippen LogP contribution in [0.25, 0.3) is 10.9 Å². The maximum atomic E-state index is 12.2. The van der Waals surface area contributed by atoms with E-state index in [-0.39, 0.29) is 16.4 Å². The Kier molecular flexibility index (Phi) is 5.68. The summed E-state index contributed by atoms with van der Waals surface area (Å²) >= 11 is 7.07. The van der Waals surface area contributed by atoms with Gasteiger partial charge < -0.3 is 9.30 Å². The van der Waals surface area contributed by atoms with Crippen LogP contribution in [0.5, 0.6) is 5.75 Å². The highest BCUT2D eigenvalue weighted by molar-refractivity contribution is 9.12. The molecule has 0 radical (unpaired) electrons. The number of carbonyl (C=O) groups is 1. The Morgan fingerprint density at radius 2 is 1.96 bits per heavy atom. The smallest absolute Gasteiger partial charge is 0.308 e. The summed E-state index contributed by atoms with van der Waals surface area (Å²) in [4.78, 5) is 23.9. The van der Waals surface area contributed by atoms with Crippen molar-refractivity contribution in [1.82, 2.24) is 4.57 Å². The molecule has 0 fully saturated rings. The van der Waals surface area contributed by atoms with Gasteiger partial charge in [0.25, 0.3) is 5.56 Å². The van der Waals surface area contributed by atoms with E-state index in [0.29, 0.717) is 12.2 Å². The quantitative estimate of drug-likeness (QED) is 0.409. The second-order valence-corrected chi connectivity index (χ2v) is 7.61. The first-order chi connectivity index (χ1) is 10.8. The van der Waals surface area contributed by atoms with Gasteiger partial charge in [-0.1, -0.05) is 31.9 Å². The number of aryl methyl sites for hydroxylation is 3. The summed E-state index contributed by atoms with van der Waals surface area (Å²) in [5.41, 5.74) is 3.44. The Hall–Kier alpha value is -1.14. The molecule has 23 heavy (non-hydrogen) atoms. The van der Waals surface area contributed by atoms with Gasteiger partial charge in [-0.25, -0.2) is 0 Å². The average Bonchev–Trinajstić information content (AvgIpc) is 2.47. The highest BCUT2D eigenvalue weighted by Gasteiger charge is 2.20. The SMILES string of the molecule is CC(=O)Oc1c(C)cc2c(C)cc(=O)n(C)c2c1CC(Br)CBr. The number of rotatable bonds is 4. The lowest BCUT2D eigenvalue weighted by Gasteiger charge is -2.19. The monoisotopic (exact) mass is 443 g/mol. The number of ether oxygens (including phenoxy) is 1. The van der Waals surface area contributed by atoms with Gasteiger partial charge >= 0.3 is 5.97 Å². The zero-order chi connectivity index (χ0) is 17.3. The minimum absolute atomic E-state index is 0.0705. The number of alkyl halides is 2. The summed E-state index contributed by atoms with van der Waals surface area (Å²) in [6.07, 6.45) is 0.642. The second kappa shape index (κ2) is 7.18. The molecule has 0 aliphatic carbocycles. The number of hydrogen-bond acceptors (Lipinski definition) is 3. The average molecular weight is 445 g/mol. The number of carbonyl (C=O) groups excluding carboxylic acids is 1. The normalized spacial score (nSPS) is 12.4. The van der Waals surface area contributed by atoms with Crippen molar-refractivity contribution in [3.63, 3.8) is 0 Å². The van der Waals surface area contributed by atoms with Gasteiger partial charge in [-0.3, -0.25) is 9.59 Å². The molecule has 1 aromatic heterocycles. The summed E-state index contributed by atoms with van der Waals surface area (Å²) in [6, 6.07) is 3.61. The van der Waals surface area contributed by atoms with E-state index < -0.39 is 0 Å². The minimum Gasteiger partial charge on any atom is -0.426 e. The van der Waals surface area contributed by atoms with Crippen molar-refractivity contribution < 1.29 is 9.53 Å². The van der Waals surface area contributed by atoms with Crippen LogP contribution < -0.4 is 10.3 Å². The molecule has 0 spiro atoms. The molecule has 0 bridgehead atoms. The van der Waals surface area contributed by atoms with Crippen LogP contribution in [0, 0.1) is 13.8 Å². The van der Waals surface area contributed by atoms with Gasteiger partial charge in [0.15, 0.2) is 0 Å². The van der Waals surface area contributed by atoms with Crippen LogP contribution in [0.3, 0.4) is 0 Å². The van der Waals surface area contributed by atoms with E-state index in [1.54, 1.807) is 17.7 Å². The molecular weight excluding hydrogens is 426 g/mol. The van der Waals surface area contributed by atoms with E-state index >= 15 is 0 Å². The van der Waals surface area contributed by atoms with Gasteiger partial charge in [-0.15, -0.1) is 0 Å². The minimum atomic E-state index is -0.365. The van der Waals surface area contributed by atoms with Crippen LogP contribution in [0.15, 0.2) is 16.9 Å². The van der Waals surface area contributed by atoms with E-state index in [1.165, 1.54) is 6.92 Å². The molecule has 2 aromatic rings. The Morgan fingerprint density at radius 1 is 1.30 bits per heavy atom. The molecule has 0 N–H and O–H groups in total. The molecule has 0 aliphatic rings. The van der Waals surface area contributed by atoms with Crippen molar-refractivity contribution in [2.75, 3.05) is 5.33 Å². The number of halogens is 2. The van der Waals surface area contributed by atoms with Crippen LogP contribution >= 0.6 is 31.9 Å². The van der Waals surface area contributed by atoms with E-state index in [1.807, 2.05) is 19.9 Å². The van der Waals surface area contributed by atoms with Crippen LogP contribution in [-0.4, -0.2) is 20.7 Å². The van der Waals surface area contributed by atoms with Crippen molar-refractivity contribution in [3.8, 4) is 5.75 Å². The first-order valence-electron chi connectivity index (χ1n) is 7.27. The van der Waals surface area contributed by atoms with Crippen molar-refractivity contribution in [3.05, 3.63) is 39.2 Å². The molecule has 1 unspecified atom stereocenters. The summed E-state index contributed by atoms with van der Waals surface area (Å²) in [6.45, 7) is 5.23. The van der Waals surface area contributed by atoms with Gasteiger partial charge in [-0.2, -0.15) is 0 Å². The van der Waals surface area contributed by atoms with Crippen molar-refractivity contribution in [1.29, 1.82) is 0 Å². The molecule has 0 amide bonds.